The zero-order valence-electron chi connectivity index (χ0n) is 17.5. The standard InChI is InChI=1S/C24H26N4O3/c1-2-3-8-17(23(29)30)14-9-10-19-18(11-14)20(27-24(25)26-19)21-22(31-21)28-12-15-6-4-5-7-16(15)13-28/h4-7,9-11,17,21-22H,2-3,8,12-13H2,1H3,(H,29,30)(H2,25,26,27). The maximum atomic E-state index is 11.9. The van der Waals surface area contributed by atoms with Gasteiger partial charge in [0.05, 0.1) is 17.1 Å². The van der Waals surface area contributed by atoms with E-state index in [9.17, 15) is 9.90 Å². The van der Waals surface area contributed by atoms with E-state index in [0.717, 1.165) is 42.6 Å². The fraction of sp³-hybridized carbons (Fsp3) is 0.375. The second-order valence-electron chi connectivity index (χ2n) is 8.40. The number of epoxide rings is 1. The highest BCUT2D eigenvalue weighted by Gasteiger charge is 2.48. The number of unbranched alkanes of at least 4 members (excludes halogenated alkanes) is 1. The molecule has 160 valence electrons. The minimum atomic E-state index is -0.805. The van der Waals surface area contributed by atoms with Gasteiger partial charge in [0.25, 0.3) is 0 Å². The van der Waals surface area contributed by atoms with Crippen LogP contribution < -0.4 is 5.73 Å². The maximum absolute atomic E-state index is 11.9. The smallest absolute Gasteiger partial charge is 0.310 e. The molecule has 7 heteroatoms. The number of carbonyl (C=O) groups is 1. The Labute approximate surface area is 180 Å². The summed E-state index contributed by atoms with van der Waals surface area (Å²) < 4.78 is 6.06. The molecule has 3 atom stereocenters. The van der Waals surface area contributed by atoms with Crippen LogP contribution in [0.5, 0.6) is 0 Å². The van der Waals surface area contributed by atoms with Crippen LogP contribution in [0.4, 0.5) is 5.95 Å². The van der Waals surface area contributed by atoms with Crippen LogP contribution in [0.1, 0.15) is 60.6 Å². The molecule has 2 aromatic carbocycles. The molecule has 1 saturated heterocycles. The monoisotopic (exact) mass is 418 g/mol. The number of nitrogens with two attached hydrogens (primary N) is 1. The Morgan fingerprint density at radius 1 is 1.23 bits per heavy atom. The van der Waals surface area contributed by atoms with E-state index in [1.165, 1.54) is 11.1 Å². The van der Waals surface area contributed by atoms with Crippen LogP contribution in [-0.2, 0) is 22.6 Å². The van der Waals surface area contributed by atoms with Crippen LogP contribution in [0.15, 0.2) is 42.5 Å². The summed E-state index contributed by atoms with van der Waals surface area (Å²) in [4.78, 5) is 23.0. The highest BCUT2D eigenvalue weighted by atomic mass is 16.6. The Kier molecular flexibility index (Phi) is 5.08. The van der Waals surface area contributed by atoms with E-state index in [1.54, 1.807) is 0 Å². The molecule has 2 aliphatic rings. The van der Waals surface area contributed by atoms with Gasteiger partial charge in [0, 0.05) is 18.5 Å². The first-order valence-corrected chi connectivity index (χ1v) is 10.8. The van der Waals surface area contributed by atoms with Gasteiger partial charge in [-0.25, -0.2) is 9.97 Å². The lowest BCUT2D eigenvalue weighted by Crippen LogP contribution is -2.20. The highest BCUT2D eigenvalue weighted by Crippen LogP contribution is 2.45. The van der Waals surface area contributed by atoms with E-state index in [4.69, 9.17) is 10.5 Å². The summed E-state index contributed by atoms with van der Waals surface area (Å²) in [6, 6.07) is 14.0. The number of rotatable bonds is 7. The number of benzene rings is 2. The Hall–Kier alpha value is -3.03. The fourth-order valence-electron chi connectivity index (χ4n) is 4.58. The molecular formula is C24H26N4O3. The lowest BCUT2D eigenvalue weighted by atomic mass is 9.92. The van der Waals surface area contributed by atoms with Crippen LogP contribution in [-0.4, -0.2) is 32.2 Å². The number of ether oxygens (including phenoxy) is 1. The molecule has 7 nitrogen and oxygen atoms in total. The minimum Gasteiger partial charge on any atom is -0.481 e. The van der Waals surface area contributed by atoms with Gasteiger partial charge in [-0.15, -0.1) is 0 Å². The molecule has 0 amide bonds. The van der Waals surface area contributed by atoms with Crippen molar-refractivity contribution in [1.82, 2.24) is 14.9 Å². The zero-order valence-corrected chi connectivity index (χ0v) is 17.5. The van der Waals surface area contributed by atoms with Crippen LogP contribution in [0.3, 0.4) is 0 Å². The first-order chi connectivity index (χ1) is 15.0. The zero-order chi connectivity index (χ0) is 21.5. The van der Waals surface area contributed by atoms with Gasteiger partial charge in [0.1, 0.15) is 12.3 Å². The molecule has 3 heterocycles. The molecule has 31 heavy (non-hydrogen) atoms. The number of nitrogens with zero attached hydrogens (tertiary/aromatic N) is 3. The van der Waals surface area contributed by atoms with Crippen LogP contribution >= 0.6 is 0 Å². The number of aromatic nitrogens is 2. The van der Waals surface area contributed by atoms with E-state index in [1.807, 2.05) is 18.2 Å². The summed E-state index contributed by atoms with van der Waals surface area (Å²) in [5.41, 5.74) is 10.9. The van der Waals surface area contributed by atoms with E-state index >= 15 is 0 Å². The summed E-state index contributed by atoms with van der Waals surface area (Å²) in [5, 5.41) is 10.6. The lowest BCUT2D eigenvalue weighted by Gasteiger charge is -2.14. The number of nitrogen functional groups attached to an aromatic ring is 1. The fourth-order valence-corrected chi connectivity index (χ4v) is 4.58. The van der Waals surface area contributed by atoms with Gasteiger partial charge in [-0.1, -0.05) is 50.1 Å². The molecule has 5 rings (SSSR count). The van der Waals surface area contributed by atoms with Crippen molar-refractivity contribution in [2.45, 2.75) is 57.5 Å². The van der Waals surface area contributed by atoms with Crippen molar-refractivity contribution in [2.75, 3.05) is 5.73 Å². The SMILES string of the molecule is CCCCC(C(=O)O)c1ccc2nc(N)nc(C3OC3N3Cc4ccccc4C3)c2c1. The molecule has 0 bridgehead atoms. The van der Waals surface area contributed by atoms with Crippen LogP contribution in [0, 0.1) is 0 Å². The summed E-state index contributed by atoms with van der Waals surface area (Å²) in [7, 11) is 0. The summed E-state index contributed by atoms with van der Waals surface area (Å²) >= 11 is 0. The second-order valence-corrected chi connectivity index (χ2v) is 8.40. The van der Waals surface area contributed by atoms with Gasteiger partial charge in [-0.3, -0.25) is 9.69 Å². The lowest BCUT2D eigenvalue weighted by molar-refractivity contribution is -0.139. The first-order valence-electron chi connectivity index (χ1n) is 10.8. The molecule has 0 radical (unpaired) electrons. The van der Waals surface area contributed by atoms with Crippen molar-refractivity contribution in [3.8, 4) is 0 Å². The average Bonchev–Trinajstić information content (AvgIpc) is 3.44. The molecular weight excluding hydrogens is 392 g/mol. The molecule has 2 aliphatic heterocycles. The number of hydrogen-bond acceptors (Lipinski definition) is 6. The topological polar surface area (TPSA) is 105 Å². The molecule has 3 N–H and O–H groups in total. The maximum Gasteiger partial charge on any atom is 0.310 e. The van der Waals surface area contributed by atoms with Crippen molar-refractivity contribution in [2.24, 2.45) is 0 Å². The number of carboxylic acids is 1. The predicted octanol–water partition coefficient (Wildman–Crippen LogP) is 3.98. The number of aliphatic carboxylic acids is 1. The average molecular weight is 418 g/mol. The van der Waals surface area contributed by atoms with Crippen molar-refractivity contribution >= 4 is 22.8 Å². The number of fused-ring (bicyclic) bond motifs is 2. The Balaban J connectivity index is 1.45. The van der Waals surface area contributed by atoms with E-state index in [0.29, 0.717) is 11.9 Å². The van der Waals surface area contributed by atoms with Crippen LogP contribution in [0.2, 0.25) is 0 Å². The van der Waals surface area contributed by atoms with Crippen molar-refractivity contribution in [3.05, 3.63) is 64.8 Å². The van der Waals surface area contributed by atoms with Gasteiger partial charge in [0.2, 0.25) is 5.95 Å². The van der Waals surface area contributed by atoms with E-state index in [-0.39, 0.29) is 18.3 Å². The molecule has 0 saturated carbocycles. The first kappa shape index (κ1) is 19.9. The summed E-state index contributed by atoms with van der Waals surface area (Å²) in [6.45, 7) is 3.76. The molecule has 3 unspecified atom stereocenters. The third kappa shape index (κ3) is 3.75. The van der Waals surface area contributed by atoms with Gasteiger partial charge in [-0.05, 0) is 35.2 Å². The number of anilines is 1. The van der Waals surface area contributed by atoms with E-state index in [2.05, 4.69) is 46.1 Å². The minimum absolute atomic E-state index is 0.0658. The third-order valence-corrected chi connectivity index (χ3v) is 6.28. The van der Waals surface area contributed by atoms with Gasteiger partial charge < -0.3 is 15.6 Å². The largest absolute Gasteiger partial charge is 0.481 e. The van der Waals surface area contributed by atoms with Crippen molar-refractivity contribution in [1.29, 1.82) is 0 Å². The summed E-state index contributed by atoms with van der Waals surface area (Å²) in [6.07, 6.45) is 2.17. The van der Waals surface area contributed by atoms with Gasteiger partial charge in [-0.2, -0.15) is 0 Å². The van der Waals surface area contributed by atoms with Crippen LogP contribution in [0.25, 0.3) is 10.9 Å². The molecule has 0 spiro atoms. The van der Waals surface area contributed by atoms with Crippen molar-refractivity contribution < 1.29 is 14.6 Å². The number of hydrogen-bond donors (Lipinski definition) is 2. The highest BCUT2D eigenvalue weighted by molar-refractivity contribution is 5.85. The Morgan fingerprint density at radius 2 is 1.97 bits per heavy atom. The molecule has 0 aliphatic carbocycles. The second kappa shape index (κ2) is 7.90. The molecule has 3 aromatic rings. The van der Waals surface area contributed by atoms with E-state index < -0.39 is 11.9 Å². The predicted molar refractivity (Wildman–Crippen MR) is 117 cm³/mol. The summed E-state index contributed by atoms with van der Waals surface area (Å²) in [5.74, 6) is -1.14. The Bertz CT molecular complexity index is 1120. The van der Waals surface area contributed by atoms with Crippen molar-refractivity contribution in [3.63, 3.8) is 0 Å². The molecule has 1 aromatic heterocycles. The van der Waals surface area contributed by atoms with Gasteiger partial charge in [0.15, 0.2) is 0 Å². The normalized spacial score (nSPS) is 21.2. The van der Waals surface area contributed by atoms with Gasteiger partial charge >= 0.3 is 5.97 Å². The third-order valence-electron chi connectivity index (χ3n) is 6.28. The quantitative estimate of drug-likeness (QED) is 0.559. The molecule has 1 fully saturated rings. The number of carboxylic acid groups (broad SMARTS) is 1. The Morgan fingerprint density at radius 3 is 2.65 bits per heavy atom.